The summed E-state index contributed by atoms with van der Waals surface area (Å²) in [6.07, 6.45) is -0.704. The van der Waals surface area contributed by atoms with Crippen molar-refractivity contribution in [1.82, 2.24) is 4.90 Å². The maximum absolute atomic E-state index is 12.5. The molecule has 5 nitrogen and oxygen atoms in total. The second-order valence-corrected chi connectivity index (χ2v) is 5.26. The minimum Gasteiger partial charge on any atom is -0.480 e. The van der Waals surface area contributed by atoms with Gasteiger partial charge in [-0.3, -0.25) is 4.79 Å². The topological polar surface area (TPSA) is 77.8 Å². The molecule has 2 N–H and O–H groups in total. The first kappa shape index (κ1) is 13.6. The molecule has 0 bridgehead atoms. The van der Waals surface area contributed by atoms with Crippen LogP contribution in [0.5, 0.6) is 0 Å². The van der Waals surface area contributed by atoms with E-state index >= 15 is 0 Å². The number of amides is 1. The zero-order valence-electron chi connectivity index (χ0n) is 11.3. The van der Waals surface area contributed by atoms with Crippen molar-refractivity contribution in [2.75, 3.05) is 6.54 Å². The summed E-state index contributed by atoms with van der Waals surface area (Å²) in [5.74, 6) is -1.44. The molecular weight excluding hydrogens is 270 g/mol. The fraction of sp³-hybridized carbons (Fsp3) is 0.250. The molecule has 1 aliphatic heterocycles. The van der Waals surface area contributed by atoms with E-state index in [2.05, 4.69) is 0 Å². The van der Waals surface area contributed by atoms with Crippen molar-refractivity contribution in [3.05, 3.63) is 48.0 Å². The lowest BCUT2D eigenvalue weighted by Gasteiger charge is -2.21. The highest BCUT2D eigenvalue weighted by Crippen LogP contribution is 2.23. The summed E-state index contributed by atoms with van der Waals surface area (Å²) in [5, 5.41) is 20.7. The number of likely N-dealkylation sites (tertiary alicyclic amines) is 1. The van der Waals surface area contributed by atoms with Gasteiger partial charge in [-0.1, -0.05) is 30.3 Å². The number of rotatable bonds is 2. The molecule has 108 valence electrons. The van der Waals surface area contributed by atoms with Crippen molar-refractivity contribution in [3.8, 4) is 0 Å². The molecule has 0 spiro atoms. The van der Waals surface area contributed by atoms with Gasteiger partial charge >= 0.3 is 5.97 Å². The number of aliphatic carboxylic acids is 1. The highest BCUT2D eigenvalue weighted by atomic mass is 16.4. The lowest BCUT2D eigenvalue weighted by molar-refractivity contribution is -0.141. The molecule has 2 atom stereocenters. The molecule has 3 rings (SSSR count). The van der Waals surface area contributed by atoms with Crippen molar-refractivity contribution in [2.45, 2.75) is 18.6 Å². The predicted molar refractivity (Wildman–Crippen MR) is 77.0 cm³/mol. The van der Waals surface area contributed by atoms with Gasteiger partial charge in [0.15, 0.2) is 0 Å². The number of β-amino-alcohol motifs (C(OH)–C–C–N with tert-alkyl or cyclic N) is 1. The van der Waals surface area contributed by atoms with Gasteiger partial charge in [-0.2, -0.15) is 0 Å². The molecule has 2 aromatic rings. The molecule has 0 aliphatic carbocycles. The van der Waals surface area contributed by atoms with Gasteiger partial charge in [0.2, 0.25) is 0 Å². The SMILES string of the molecule is O=C(O)[C@H]1C[C@@H](O)CN1C(=O)c1ccc2ccccc2c1. The summed E-state index contributed by atoms with van der Waals surface area (Å²) in [6.45, 7) is 0.0582. The van der Waals surface area contributed by atoms with E-state index in [-0.39, 0.29) is 18.9 Å². The summed E-state index contributed by atoms with van der Waals surface area (Å²) in [4.78, 5) is 24.9. The Hall–Kier alpha value is -2.40. The van der Waals surface area contributed by atoms with Gasteiger partial charge in [0.25, 0.3) is 5.91 Å². The Bertz CT molecular complexity index is 712. The first-order valence-electron chi connectivity index (χ1n) is 6.77. The smallest absolute Gasteiger partial charge is 0.326 e. The molecule has 1 heterocycles. The lowest BCUT2D eigenvalue weighted by atomic mass is 10.1. The Morgan fingerprint density at radius 2 is 1.81 bits per heavy atom. The van der Waals surface area contributed by atoms with Crippen molar-refractivity contribution in [3.63, 3.8) is 0 Å². The molecule has 1 amide bonds. The number of aliphatic hydroxyl groups is 1. The van der Waals surface area contributed by atoms with E-state index in [1.165, 1.54) is 4.90 Å². The van der Waals surface area contributed by atoms with Crippen LogP contribution in [0.25, 0.3) is 10.8 Å². The number of carbonyl (C=O) groups excluding carboxylic acids is 1. The largest absolute Gasteiger partial charge is 0.480 e. The Kier molecular flexibility index (Phi) is 3.35. The lowest BCUT2D eigenvalue weighted by Crippen LogP contribution is -2.40. The first-order chi connectivity index (χ1) is 10.1. The number of carbonyl (C=O) groups is 2. The Labute approximate surface area is 121 Å². The summed E-state index contributed by atoms with van der Waals surface area (Å²) in [5.41, 5.74) is 0.439. The van der Waals surface area contributed by atoms with Crippen molar-refractivity contribution < 1.29 is 19.8 Å². The van der Waals surface area contributed by atoms with E-state index in [1.54, 1.807) is 12.1 Å². The number of nitrogens with zero attached hydrogens (tertiary/aromatic N) is 1. The van der Waals surface area contributed by atoms with Crippen LogP contribution in [0.15, 0.2) is 42.5 Å². The molecule has 0 aromatic heterocycles. The highest BCUT2D eigenvalue weighted by molar-refractivity contribution is 6.00. The number of carboxylic acids is 1. The standard InChI is InChI=1S/C16H15NO4/c18-13-8-14(16(20)21)17(9-13)15(19)12-6-5-10-3-1-2-4-11(10)7-12/h1-7,13-14,18H,8-9H2,(H,20,21)/t13-,14-/m1/s1. The normalized spacial score (nSPS) is 21.7. The number of carboxylic acid groups (broad SMARTS) is 1. The average molecular weight is 285 g/mol. The summed E-state index contributed by atoms with van der Waals surface area (Å²) >= 11 is 0. The third-order valence-electron chi connectivity index (χ3n) is 3.82. The Balaban J connectivity index is 1.94. The zero-order chi connectivity index (χ0) is 15.0. The van der Waals surface area contributed by atoms with Crippen LogP contribution in [0.2, 0.25) is 0 Å². The van der Waals surface area contributed by atoms with Gasteiger partial charge in [-0.25, -0.2) is 4.79 Å². The molecule has 21 heavy (non-hydrogen) atoms. The number of aliphatic hydroxyl groups excluding tert-OH is 1. The molecule has 0 radical (unpaired) electrons. The Morgan fingerprint density at radius 1 is 1.10 bits per heavy atom. The number of benzene rings is 2. The molecule has 2 aromatic carbocycles. The first-order valence-corrected chi connectivity index (χ1v) is 6.77. The minimum atomic E-state index is -1.08. The van der Waals surface area contributed by atoms with Crippen LogP contribution < -0.4 is 0 Å². The number of hydrogen-bond donors (Lipinski definition) is 2. The monoisotopic (exact) mass is 285 g/mol. The average Bonchev–Trinajstić information content (AvgIpc) is 2.88. The maximum Gasteiger partial charge on any atom is 0.326 e. The minimum absolute atomic E-state index is 0.0582. The molecule has 0 saturated carbocycles. The van der Waals surface area contributed by atoms with Gasteiger partial charge < -0.3 is 15.1 Å². The highest BCUT2D eigenvalue weighted by Gasteiger charge is 2.39. The van der Waals surface area contributed by atoms with Crippen molar-refractivity contribution >= 4 is 22.6 Å². The zero-order valence-corrected chi connectivity index (χ0v) is 11.3. The quantitative estimate of drug-likeness (QED) is 0.876. The number of fused-ring (bicyclic) bond motifs is 1. The molecular formula is C16H15NO4. The predicted octanol–water partition coefficient (Wildman–Crippen LogP) is 1.50. The van der Waals surface area contributed by atoms with E-state index in [0.717, 1.165) is 10.8 Å². The van der Waals surface area contributed by atoms with Crippen molar-refractivity contribution in [2.24, 2.45) is 0 Å². The molecule has 5 heteroatoms. The van der Waals surface area contributed by atoms with E-state index in [1.807, 2.05) is 30.3 Å². The third-order valence-corrected chi connectivity index (χ3v) is 3.82. The molecule has 1 fully saturated rings. The van der Waals surface area contributed by atoms with Crippen LogP contribution in [-0.4, -0.2) is 45.7 Å². The van der Waals surface area contributed by atoms with E-state index < -0.39 is 18.1 Å². The van der Waals surface area contributed by atoms with Crippen LogP contribution in [0.4, 0.5) is 0 Å². The third kappa shape index (κ3) is 2.48. The van der Waals surface area contributed by atoms with Gasteiger partial charge in [0.1, 0.15) is 6.04 Å². The van der Waals surface area contributed by atoms with Gasteiger partial charge in [-0.15, -0.1) is 0 Å². The summed E-state index contributed by atoms with van der Waals surface area (Å²) < 4.78 is 0. The molecule has 0 unspecified atom stereocenters. The van der Waals surface area contributed by atoms with Crippen LogP contribution >= 0.6 is 0 Å². The van der Waals surface area contributed by atoms with Gasteiger partial charge in [0.05, 0.1) is 6.10 Å². The molecule has 1 saturated heterocycles. The fourth-order valence-corrected chi connectivity index (χ4v) is 2.76. The van der Waals surface area contributed by atoms with E-state index in [4.69, 9.17) is 5.11 Å². The van der Waals surface area contributed by atoms with E-state index in [9.17, 15) is 14.7 Å². The van der Waals surface area contributed by atoms with Crippen LogP contribution in [-0.2, 0) is 4.79 Å². The Morgan fingerprint density at radius 3 is 2.52 bits per heavy atom. The maximum atomic E-state index is 12.5. The van der Waals surface area contributed by atoms with Crippen molar-refractivity contribution in [1.29, 1.82) is 0 Å². The van der Waals surface area contributed by atoms with Crippen LogP contribution in [0.3, 0.4) is 0 Å². The van der Waals surface area contributed by atoms with Gasteiger partial charge in [0, 0.05) is 18.5 Å². The van der Waals surface area contributed by atoms with E-state index in [0.29, 0.717) is 5.56 Å². The number of hydrogen-bond acceptors (Lipinski definition) is 3. The fourth-order valence-electron chi connectivity index (χ4n) is 2.76. The molecule has 1 aliphatic rings. The van der Waals surface area contributed by atoms with Crippen LogP contribution in [0.1, 0.15) is 16.8 Å². The second kappa shape index (κ2) is 5.18. The van der Waals surface area contributed by atoms with Gasteiger partial charge in [-0.05, 0) is 22.9 Å². The summed E-state index contributed by atoms with van der Waals surface area (Å²) in [7, 11) is 0. The summed E-state index contributed by atoms with van der Waals surface area (Å²) in [6, 6.07) is 12.0. The van der Waals surface area contributed by atoms with Crippen LogP contribution in [0, 0.1) is 0 Å². The second-order valence-electron chi connectivity index (χ2n) is 5.26.